The summed E-state index contributed by atoms with van der Waals surface area (Å²) in [4.78, 5) is 18.2. The van der Waals surface area contributed by atoms with E-state index < -0.39 is 6.29 Å². The Morgan fingerprint density at radius 1 is 1.57 bits per heavy atom. The van der Waals surface area contributed by atoms with E-state index in [-0.39, 0.29) is 11.3 Å². The van der Waals surface area contributed by atoms with Gasteiger partial charge in [-0.1, -0.05) is 0 Å². The Labute approximate surface area is 40.3 Å². The number of rotatable bonds is 1. The van der Waals surface area contributed by atoms with Crippen LogP contribution in [0.5, 0.6) is 0 Å². The molecule has 0 aromatic heterocycles. The molecule has 0 aliphatic carbocycles. The summed E-state index contributed by atoms with van der Waals surface area (Å²) in [5.41, 5.74) is 0. The minimum atomic E-state index is -0.537. The third-order valence-electron chi connectivity index (χ3n) is 0.524. The molecule has 1 fully saturated rings. The summed E-state index contributed by atoms with van der Waals surface area (Å²) in [5, 5.41) is 0. The second-order valence-electron chi connectivity index (χ2n) is 1.14. The molecule has 4 nitrogen and oxygen atoms in total. The van der Waals surface area contributed by atoms with E-state index in [1.807, 2.05) is 0 Å². The fourth-order valence-corrected chi connectivity index (χ4v) is 0.163. The van der Waals surface area contributed by atoms with Gasteiger partial charge in [0.15, 0.2) is 5.78 Å². The topological polar surface area (TPSA) is 73.6 Å². The van der Waals surface area contributed by atoms with Crippen LogP contribution in [0.25, 0.3) is 0 Å². The predicted octanol–water partition coefficient (Wildman–Crippen LogP) is -0.961. The lowest BCUT2D eigenvalue weighted by atomic mass is 10.5. The standard InChI is InChI=1S/C3H4O3.H2O/c1-2(4)3-5-6-3;/h3H,1H3;1H2. The van der Waals surface area contributed by atoms with Gasteiger partial charge in [0.05, 0.1) is 0 Å². The van der Waals surface area contributed by atoms with Crippen LogP contribution in [0, 0.1) is 0 Å². The van der Waals surface area contributed by atoms with Crippen molar-refractivity contribution in [2.45, 2.75) is 13.2 Å². The van der Waals surface area contributed by atoms with Crippen molar-refractivity contribution in [1.82, 2.24) is 0 Å². The minimum absolute atomic E-state index is 0. The number of Topliss-reactive ketones (excluding diaryl/α,β-unsaturated/α-hetero) is 1. The Kier molecular flexibility index (Phi) is 1.89. The zero-order chi connectivity index (χ0) is 4.57. The van der Waals surface area contributed by atoms with Crippen LogP contribution < -0.4 is 0 Å². The Bertz CT molecular complexity index is 75.0. The molecule has 1 aliphatic heterocycles. The third kappa shape index (κ3) is 1.63. The Hall–Kier alpha value is -0.450. The highest BCUT2D eigenvalue weighted by Gasteiger charge is 2.30. The van der Waals surface area contributed by atoms with Crippen LogP contribution >= 0.6 is 0 Å². The highest BCUT2D eigenvalue weighted by molar-refractivity contribution is 5.79. The predicted molar refractivity (Wildman–Crippen MR) is 20.3 cm³/mol. The molecule has 0 aromatic rings. The quantitative estimate of drug-likeness (QED) is 0.319. The summed E-state index contributed by atoms with van der Waals surface area (Å²) in [6.45, 7) is 1.41. The van der Waals surface area contributed by atoms with Crippen LogP contribution in [0.3, 0.4) is 0 Å². The summed E-state index contributed by atoms with van der Waals surface area (Å²) in [5.74, 6) is -0.0741. The van der Waals surface area contributed by atoms with Crippen LogP contribution in [0.4, 0.5) is 0 Å². The fourth-order valence-electron chi connectivity index (χ4n) is 0.163. The number of carbonyl (C=O) groups is 1. The lowest BCUT2D eigenvalue weighted by Crippen LogP contribution is -1.96. The van der Waals surface area contributed by atoms with Crippen molar-refractivity contribution in [1.29, 1.82) is 0 Å². The van der Waals surface area contributed by atoms with E-state index in [9.17, 15) is 4.79 Å². The van der Waals surface area contributed by atoms with Gasteiger partial charge in [-0.3, -0.25) is 4.79 Å². The Balaban J connectivity index is 0.000000360. The molecule has 0 amide bonds. The van der Waals surface area contributed by atoms with Crippen molar-refractivity contribution < 1.29 is 20.0 Å². The highest BCUT2D eigenvalue weighted by atomic mass is 17.4. The number of hydrogen-bond acceptors (Lipinski definition) is 3. The molecule has 4 heteroatoms. The van der Waals surface area contributed by atoms with E-state index in [1.54, 1.807) is 0 Å². The van der Waals surface area contributed by atoms with Gasteiger partial charge in [0.25, 0.3) is 6.29 Å². The molecule has 42 valence electrons. The van der Waals surface area contributed by atoms with Gasteiger partial charge < -0.3 is 5.48 Å². The number of carbonyl (C=O) groups excluding carboxylic acids is 1. The van der Waals surface area contributed by atoms with Gasteiger partial charge in [0.1, 0.15) is 0 Å². The zero-order valence-electron chi connectivity index (χ0n) is 3.80. The average Bonchev–Trinajstić information content (AvgIpc) is 2.06. The molecule has 1 rings (SSSR count). The summed E-state index contributed by atoms with van der Waals surface area (Å²) in [6.07, 6.45) is -0.537. The molecule has 1 aliphatic rings. The Morgan fingerprint density at radius 3 is 2.00 bits per heavy atom. The first kappa shape index (κ1) is 6.55. The van der Waals surface area contributed by atoms with Crippen molar-refractivity contribution in [3.63, 3.8) is 0 Å². The number of hydrogen-bond donors (Lipinski definition) is 0. The van der Waals surface area contributed by atoms with Gasteiger partial charge in [-0.15, -0.1) is 0 Å². The van der Waals surface area contributed by atoms with Crippen LogP contribution in [0.15, 0.2) is 0 Å². The maximum absolute atomic E-state index is 9.96. The summed E-state index contributed by atoms with van der Waals surface area (Å²) in [7, 11) is 0. The van der Waals surface area contributed by atoms with Gasteiger partial charge in [-0.2, -0.15) is 9.78 Å². The minimum Gasteiger partial charge on any atom is -0.412 e. The number of ketones is 1. The molecule has 0 saturated carbocycles. The molecule has 0 bridgehead atoms. The maximum atomic E-state index is 9.96. The van der Waals surface area contributed by atoms with Crippen molar-refractivity contribution in [2.24, 2.45) is 0 Å². The van der Waals surface area contributed by atoms with Crippen LogP contribution in [0.2, 0.25) is 0 Å². The molecular formula is C3H6O4. The lowest BCUT2D eigenvalue weighted by molar-refractivity contribution is -0.118. The van der Waals surface area contributed by atoms with Gasteiger partial charge >= 0.3 is 0 Å². The van der Waals surface area contributed by atoms with Gasteiger partial charge in [-0.25, -0.2) is 0 Å². The van der Waals surface area contributed by atoms with E-state index >= 15 is 0 Å². The molecule has 0 unspecified atom stereocenters. The van der Waals surface area contributed by atoms with Crippen LogP contribution in [-0.4, -0.2) is 17.5 Å². The molecule has 1 saturated heterocycles. The first-order valence-electron chi connectivity index (χ1n) is 1.63. The van der Waals surface area contributed by atoms with Gasteiger partial charge in [0.2, 0.25) is 0 Å². The third-order valence-corrected chi connectivity index (χ3v) is 0.524. The Morgan fingerprint density at radius 2 is 2.00 bits per heavy atom. The second kappa shape index (κ2) is 2.02. The molecule has 1 heterocycles. The second-order valence-corrected chi connectivity index (χ2v) is 1.14. The van der Waals surface area contributed by atoms with Gasteiger partial charge in [-0.05, 0) is 6.92 Å². The smallest absolute Gasteiger partial charge is 0.281 e. The van der Waals surface area contributed by atoms with E-state index in [4.69, 9.17) is 0 Å². The van der Waals surface area contributed by atoms with Crippen molar-refractivity contribution in [3.8, 4) is 0 Å². The maximum Gasteiger partial charge on any atom is 0.281 e. The molecular weight excluding hydrogens is 100 g/mol. The van der Waals surface area contributed by atoms with Crippen LogP contribution in [-0.2, 0) is 14.6 Å². The summed E-state index contributed by atoms with van der Waals surface area (Å²) in [6, 6.07) is 0. The largest absolute Gasteiger partial charge is 0.412 e. The first-order chi connectivity index (χ1) is 2.80. The normalized spacial score (nSPS) is 17.9. The monoisotopic (exact) mass is 106 g/mol. The van der Waals surface area contributed by atoms with E-state index in [0.717, 1.165) is 0 Å². The van der Waals surface area contributed by atoms with E-state index in [2.05, 4.69) is 9.78 Å². The van der Waals surface area contributed by atoms with Gasteiger partial charge in [0, 0.05) is 0 Å². The highest BCUT2D eigenvalue weighted by Crippen LogP contribution is 2.11. The van der Waals surface area contributed by atoms with Crippen LogP contribution in [0.1, 0.15) is 6.92 Å². The van der Waals surface area contributed by atoms with E-state index in [1.165, 1.54) is 6.92 Å². The molecule has 0 aromatic carbocycles. The zero-order valence-corrected chi connectivity index (χ0v) is 3.80. The summed E-state index contributed by atoms with van der Waals surface area (Å²) >= 11 is 0. The lowest BCUT2D eigenvalue weighted by Gasteiger charge is -1.66. The van der Waals surface area contributed by atoms with Crippen molar-refractivity contribution in [2.75, 3.05) is 0 Å². The summed E-state index contributed by atoms with van der Waals surface area (Å²) < 4.78 is 0. The van der Waals surface area contributed by atoms with E-state index in [0.29, 0.717) is 0 Å². The molecule has 7 heavy (non-hydrogen) atoms. The average molecular weight is 106 g/mol. The SMILES string of the molecule is CC(=O)C1OO1.O. The molecule has 2 N–H and O–H groups in total. The first-order valence-corrected chi connectivity index (χ1v) is 1.63. The molecule has 0 spiro atoms. The fraction of sp³-hybridized carbons (Fsp3) is 0.667. The molecule has 0 atom stereocenters. The molecule has 0 radical (unpaired) electrons. The van der Waals surface area contributed by atoms with Crippen molar-refractivity contribution in [3.05, 3.63) is 0 Å². The van der Waals surface area contributed by atoms with Crippen molar-refractivity contribution >= 4 is 5.78 Å².